The largest absolute Gasteiger partial charge is 0.379 e. The Morgan fingerprint density at radius 1 is 1.47 bits per heavy atom. The molecule has 0 saturated heterocycles. The molecule has 19 heavy (non-hydrogen) atoms. The fourth-order valence-electron chi connectivity index (χ4n) is 1.84. The molecule has 0 aliphatic rings. The second kappa shape index (κ2) is 6.72. The number of fused-ring (bicyclic) bond motifs is 1. The van der Waals surface area contributed by atoms with E-state index in [-0.39, 0.29) is 10.6 Å². The number of hydrogen-bond acceptors (Lipinski definition) is 6. The summed E-state index contributed by atoms with van der Waals surface area (Å²) in [6.45, 7) is 0.747. The van der Waals surface area contributed by atoms with Gasteiger partial charge in [0.15, 0.2) is 5.52 Å². The summed E-state index contributed by atoms with van der Waals surface area (Å²) in [5, 5.41) is 14.3. The van der Waals surface area contributed by atoms with Gasteiger partial charge in [-0.05, 0) is 37.0 Å². The van der Waals surface area contributed by atoms with Crippen LogP contribution in [0.2, 0.25) is 0 Å². The number of aromatic nitrogens is 1. The van der Waals surface area contributed by atoms with Gasteiger partial charge in [0.1, 0.15) is 5.69 Å². The van der Waals surface area contributed by atoms with Crippen molar-refractivity contribution in [3.63, 3.8) is 0 Å². The van der Waals surface area contributed by atoms with E-state index in [9.17, 15) is 10.1 Å². The monoisotopic (exact) mass is 297 g/mol. The van der Waals surface area contributed by atoms with E-state index in [0.29, 0.717) is 11.2 Å². The van der Waals surface area contributed by atoms with E-state index in [2.05, 4.69) is 16.6 Å². The number of hydrogen-bond donors (Lipinski definition) is 1. The van der Waals surface area contributed by atoms with Crippen molar-refractivity contribution in [2.75, 3.05) is 23.9 Å². The number of nitro groups is 1. The van der Waals surface area contributed by atoms with Crippen molar-refractivity contribution in [2.45, 2.75) is 12.8 Å². The fourth-order valence-corrected chi connectivity index (χ4v) is 3.01. The summed E-state index contributed by atoms with van der Waals surface area (Å²) in [5.41, 5.74) is 2.76. The Hall–Kier alpha value is -1.34. The van der Waals surface area contributed by atoms with E-state index in [0.717, 1.165) is 29.8 Å². The summed E-state index contributed by atoms with van der Waals surface area (Å²) in [6, 6.07) is 3.65. The van der Waals surface area contributed by atoms with Gasteiger partial charge in [0.2, 0.25) is 0 Å². The Morgan fingerprint density at radius 2 is 2.32 bits per heavy atom. The summed E-state index contributed by atoms with van der Waals surface area (Å²) in [4.78, 5) is 14.9. The predicted molar refractivity (Wildman–Crippen MR) is 82.4 cm³/mol. The average molecular weight is 297 g/mol. The molecule has 0 aliphatic carbocycles. The topological polar surface area (TPSA) is 68.1 Å². The number of benzene rings is 1. The average Bonchev–Trinajstić information content (AvgIpc) is 2.85. The lowest BCUT2D eigenvalue weighted by Crippen LogP contribution is -2.05. The lowest BCUT2D eigenvalue weighted by Gasteiger charge is -2.07. The summed E-state index contributed by atoms with van der Waals surface area (Å²) in [5.74, 6) is 1.12. The molecule has 0 spiro atoms. The van der Waals surface area contributed by atoms with Gasteiger partial charge in [-0.3, -0.25) is 10.1 Å². The van der Waals surface area contributed by atoms with E-state index in [1.807, 2.05) is 17.8 Å². The molecule has 7 heteroatoms. The summed E-state index contributed by atoms with van der Waals surface area (Å²) >= 11 is 3.23. The molecule has 0 atom stereocenters. The van der Waals surface area contributed by atoms with Crippen LogP contribution in [0, 0.1) is 10.1 Å². The highest BCUT2D eigenvalue weighted by molar-refractivity contribution is 7.98. The lowest BCUT2D eigenvalue weighted by molar-refractivity contribution is -0.382. The molecular formula is C12H15N3O2S2. The van der Waals surface area contributed by atoms with Crippen molar-refractivity contribution in [3.8, 4) is 0 Å². The van der Waals surface area contributed by atoms with Crippen LogP contribution in [0.15, 0.2) is 17.6 Å². The highest BCUT2D eigenvalue weighted by atomic mass is 32.2. The molecule has 1 N–H and O–H groups in total. The third kappa shape index (κ3) is 3.36. The third-order valence-electron chi connectivity index (χ3n) is 2.75. The van der Waals surface area contributed by atoms with Gasteiger partial charge in [0.25, 0.3) is 0 Å². The standard InChI is InChI=1S/C12H15N3O2S2/c1-18-7-3-2-6-13-9-4-5-10-11(14-8-19-10)12(9)15(16)17/h4-5,8,13H,2-3,6-7H2,1H3. The number of unbranched alkanes of at least 4 members (excludes halogenated alkanes) is 1. The van der Waals surface area contributed by atoms with E-state index >= 15 is 0 Å². The highest BCUT2D eigenvalue weighted by Crippen LogP contribution is 2.34. The first-order chi connectivity index (χ1) is 9.24. The fraction of sp³-hybridized carbons (Fsp3) is 0.417. The molecular weight excluding hydrogens is 282 g/mol. The van der Waals surface area contributed by atoms with E-state index in [4.69, 9.17) is 0 Å². The van der Waals surface area contributed by atoms with Gasteiger partial charge in [0.05, 0.1) is 15.1 Å². The molecule has 1 heterocycles. The second-order valence-corrected chi connectivity index (χ2v) is 5.92. The summed E-state index contributed by atoms with van der Waals surface area (Å²) in [6.07, 6.45) is 4.20. The molecule has 0 unspecified atom stereocenters. The molecule has 2 aromatic rings. The first-order valence-corrected chi connectivity index (χ1v) is 8.25. The highest BCUT2D eigenvalue weighted by Gasteiger charge is 2.20. The van der Waals surface area contributed by atoms with Crippen LogP contribution < -0.4 is 5.32 Å². The maximum atomic E-state index is 11.2. The van der Waals surface area contributed by atoms with Gasteiger partial charge in [-0.15, -0.1) is 11.3 Å². The SMILES string of the molecule is CSCCCCNc1ccc2scnc2c1[N+](=O)[O-]. The Balaban J connectivity index is 2.13. The Kier molecular flexibility index (Phi) is 4.98. The van der Waals surface area contributed by atoms with Crippen LogP contribution in [0.1, 0.15) is 12.8 Å². The zero-order valence-corrected chi connectivity index (χ0v) is 12.2. The van der Waals surface area contributed by atoms with E-state index < -0.39 is 0 Å². The lowest BCUT2D eigenvalue weighted by atomic mass is 10.2. The normalized spacial score (nSPS) is 10.8. The maximum absolute atomic E-state index is 11.2. The molecule has 0 radical (unpaired) electrons. The molecule has 0 fully saturated rings. The molecule has 0 bridgehead atoms. The smallest absolute Gasteiger partial charge is 0.319 e. The van der Waals surface area contributed by atoms with Gasteiger partial charge in [-0.1, -0.05) is 0 Å². The number of anilines is 1. The minimum absolute atomic E-state index is 0.0867. The molecule has 0 amide bonds. The van der Waals surface area contributed by atoms with Gasteiger partial charge in [0, 0.05) is 6.54 Å². The quantitative estimate of drug-likeness (QED) is 0.479. The van der Waals surface area contributed by atoms with E-state index in [1.165, 1.54) is 11.3 Å². The maximum Gasteiger partial charge on any atom is 0.319 e. The number of thiazole rings is 1. The first kappa shape index (κ1) is 14.1. The second-order valence-electron chi connectivity index (χ2n) is 4.04. The van der Waals surface area contributed by atoms with E-state index in [1.54, 1.807) is 11.6 Å². The van der Waals surface area contributed by atoms with Crippen molar-refractivity contribution in [1.29, 1.82) is 0 Å². The van der Waals surface area contributed by atoms with Crippen LogP contribution in [0.4, 0.5) is 11.4 Å². The molecule has 102 valence electrons. The van der Waals surface area contributed by atoms with Crippen molar-refractivity contribution in [2.24, 2.45) is 0 Å². The van der Waals surface area contributed by atoms with Crippen molar-refractivity contribution >= 4 is 44.7 Å². The minimum Gasteiger partial charge on any atom is -0.379 e. The van der Waals surface area contributed by atoms with Gasteiger partial charge in [-0.2, -0.15) is 11.8 Å². The Morgan fingerprint density at radius 3 is 3.05 bits per heavy atom. The van der Waals surface area contributed by atoms with Crippen LogP contribution in [-0.4, -0.2) is 28.5 Å². The molecule has 0 aliphatic heterocycles. The zero-order valence-electron chi connectivity index (χ0n) is 10.6. The van der Waals surface area contributed by atoms with Crippen LogP contribution in [0.5, 0.6) is 0 Å². The summed E-state index contributed by atoms with van der Waals surface area (Å²) < 4.78 is 0.847. The molecule has 0 saturated carbocycles. The van der Waals surface area contributed by atoms with Crippen LogP contribution in [0.3, 0.4) is 0 Å². The predicted octanol–water partition coefficient (Wildman–Crippen LogP) is 3.76. The Bertz CT molecular complexity index is 571. The molecule has 5 nitrogen and oxygen atoms in total. The zero-order chi connectivity index (χ0) is 13.7. The van der Waals surface area contributed by atoms with Crippen LogP contribution in [0.25, 0.3) is 10.2 Å². The van der Waals surface area contributed by atoms with Gasteiger partial charge >= 0.3 is 5.69 Å². The van der Waals surface area contributed by atoms with Gasteiger partial charge in [-0.25, -0.2) is 4.98 Å². The third-order valence-corrected chi connectivity index (χ3v) is 4.24. The molecule has 1 aromatic carbocycles. The van der Waals surface area contributed by atoms with Gasteiger partial charge < -0.3 is 5.32 Å². The number of rotatable bonds is 7. The van der Waals surface area contributed by atoms with Crippen molar-refractivity contribution < 1.29 is 4.92 Å². The minimum atomic E-state index is -0.355. The number of nitro benzene ring substituents is 1. The first-order valence-electron chi connectivity index (χ1n) is 5.97. The number of thioether (sulfide) groups is 1. The number of nitrogens with zero attached hydrogens (tertiary/aromatic N) is 2. The van der Waals surface area contributed by atoms with Crippen LogP contribution in [-0.2, 0) is 0 Å². The van der Waals surface area contributed by atoms with Crippen molar-refractivity contribution in [3.05, 3.63) is 27.8 Å². The Labute approximate surface area is 119 Å². The number of nitrogens with one attached hydrogen (secondary N) is 1. The summed E-state index contributed by atoms with van der Waals surface area (Å²) in [7, 11) is 0. The van der Waals surface area contributed by atoms with Crippen LogP contribution >= 0.6 is 23.1 Å². The van der Waals surface area contributed by atoms with Crippen molar-refractivity contribution in [1.82, 2.24) is 4.98 Å². The molecule has 2 rings (SSSR count). The molecule has 1 aromatic heterocycles.